The van der Waals surface area contributed by atoms with Crippen molar-refractivity contribution in [3.05, 3.63) is 29.8 Å². The third-order valence-electron chi connectivity index (χ3n) is 3.70. The van der Waals surface area contributed by atoms with Gasteiger partial charge in [0.25, 0.3) is 0 Å². The number of amides is 2. The minimum Gasteiger partial charge on any atom is -0.508 e. The summed E-state index contributed by atoms with van der Waals surface area (Å²) in [5, 5.41) is 12.0. The van der Waals surface area contributed by atoms with Crippen LogP contribution in [0.1, 0.15) is 32.8 Å². The number of rotatable bonds is 4. The van der Waals surface area contributed by atoms with Crippen molar-refractivity contribution in [2.75, 3.05) is 13.1 Å². The number of ether oxygens (including phenoxy) is 1. The number of benzene rings is 1. The Balaban J connectivity index is 2.12. The molecule has 136 valence electrons. The zero-order chi connectivity index (χ0) is 18.6. The first-order chi connectivity index (χ1) is 11.6. The second-order valence-electron chi connectivity index (χ2n) is 7.12. The van der Waals surface area contributed by atoms with Crippen molar-refractivity contribution >= 4 is 17.8 Å². The number of hydrogen-bond donors (Lipinski definition) is 2. The summed E-state index contributed by atoms with van der Waals surface area (Å²) in [6, 6.07) is 5.56. The summed E-state index contributed by atoms with van der Waals surface area (Å²) in [4.78, 5) is 37.7. The molecule has 1 fully saturated rings. The number of phenolic OH excluding ortho intramolecular Hbond substituents is 1. The van der Waals surface area contributed by atoms with E-state index < -0.39 is 17.7 Å². The predicted octanol–water partition coefficient (Wildman–Crippen LogP) is 1.63. The van der Waals surface area contributed by atoms with Gasteiger partial charge in [-0.2, -0.15) is 0 Å². The van der Waals surface area contributed by atoms with Crippen LogP contribution in [0.3, 0.4) is 0 Å². The normalized spacial score (nSPS) is 15.8. The molecule has 1 aliphatic rings. The molecule has 0 aromatic heterocycles. The molecule has 0 bridgehead atoms. The van der Waals surface area contributed by atoms with Crippen LogP contribution in [0.5, 0.6) is 5.75 Å². The number of Topliss-reactive ketones (excluding diaryl/α,β-unsaturated/α-hetero) is 1. The van der Waals surface area contributed by atoms with E-state index >= 15 is 0 Å². The summed E-state index contributed by atoms with van der Waals surface area (Å²) in [5.41, 5.74) is 0.0950. The number of nitrogens with one attached hydrogen (secondary N) is 1. The van der Waals surface area contributed by atoms with Crippen LogP contribution in [-0.2, 0) is 20.7 Å². The highest BCUT2D eigenvalue weighted by atomic mass is 16.6. The Kier molecular flexibility index (Phi) is 5.66. The Morgan fingerprint density at radius 3 is 2.44 bits per heavy atom. The van der Waals surface area contributed by atoms with Gasteiger partial charge in [-0.15, -0.1) is 0 Å². The lowest BCUT2D eigenvalue weighted by Crippen LogP contribution is -2.50. The maximum atomic E-state index is 12.7. The van der Waals surface area contributed by atoms with Gasteiger partial charge in [0.1, 0.15) is 17.4 Å². The molecule has 1 unspecified atom stereocenters. The SMILES string of the molecule is CC(C)(C)OC(=O)NC(Cc1ccc(O)cc1)C(=O)N1CCC(=O)C1. The predicted molar refractivity (Wildman–Crippen MR) is 91.2 cm³/mol. The first-order valence-corrected chi connectivity index (χ1v) is 8.22. The molecule has 0 aliphatic carbocycles. The maximum absolute atomic E-state index is 12.7. The molecular formula is C18H24N2O5. The quantitative estimate of drug-likeness (QED) is 0.862. The Hall–Kier alpha value is -2.57. The highest BCUT2D eigenvalue weighted by Gasteiger charge is 2.32. The molecule has 7 nitrogen and oxygen atoms in total. The van der Waals surface area contributed by atoms with Gasteiger partial charge in [-0.25, -0.2) is 4.79 Å². The van der Waals surface area contributed by atoms with Crippen LogP contribution in [-0.4, -0.2) is 52.5 Å². The van der Waals surface area contributed by atoms with Crippen molar-refractivity contribution in [3.63, 3.8) is 0 Å². The van der Waals surface area contributed by atoms with Crippen molar-refractivity contribution < 1.29 is 24.2 Å². The number of carbonyl (C=O) groups is 3. The van der Waals surface area contributed by atoms with Gasteiger partial charge >= 0.3 is 6.09 Å². The molecule has 0 spiro atoms. The van der Waals surface area contributed by atoms with Crippen molar-refractivity contribution in [1.82, 2.24) is 10.2 Å². The molecule has 25 heavy (non-hydrogen) atoms. The monoisotopic (exact) mass is 348 g/mol. The van der Waals surface area contributed by atoms with Crippen LogP contribution in [0.4, 0.5) is 4.79 Å². The number of alkyl carbamates (subject to hydrolysis) is 1. The Labute approximate surface area is 147 Å². The van der Waals surface area contributed by atoms with Crippen molar-refractivity contribution in [1.29, 1.82) is 0 Å². The summed E-state index contributed by atoms with van der Waals surface area (Å²) in [6.45, 7) is 5.65. The van der Waals surface area contributed by atoms with E-state index in [1.165, 1.54) is 17.0 Å². The Bertz CT molecular complexity index is 648. The summed E-state index contributed by atoms with van der Waals surface area (Å²) >= 11 is 0. The van der Waals surface area contributed by atoms with Crippen LogP contribution in [0.15, 0.2) is 24.3 Å². The first-order valence-electron chi connectivity index (χ1n) is 8.22. The Morgan fingerprint density at radius 1 is 1.28 bits per heavy atom. The third-order valence-corrected chi connectivity index (χ3v) is 3.70. The lowest BCUT2D eigenvalue weighted by Gasteiger charge is -2.26. The van der Waals surface area contributed by atoms with E-state index in [9.17, 15) is 19.5 Å². The molecule has 1 atom stereocenters. The standard InChI is InChI=1S/C18H24N2O5/c1-18(2,3)25-17(24)19-15(10-12-4-6-13(21)7-5-12)16(23)20-9-8-14(22)11-20/h4-7,15,21H,8-11H2,1-3H3,(H,19,24). The van der Waals surface area contributed by atoms with E-state index in [4.69, 9.17) is 4.74 Å². The van der Waals surface area contributed by atoms with Crippen molar-refractivity contribution in [2.45, 2.75) is 45.3 Å². The third kappa shape index (κ3) is 5.77. The number of aromatic hydroxyl groups is 1. The number of nitrogens with zero attached hydrogens (tertiary/aromatic N) is 1. The molecule has 0 saturated carbocycles. The van der Waals surface area contributed by atoms with E-state index in [0.717, 1.165) is 5.56 Å². The smallest absolute Gasteiger partial charge is 0.408 e. The molecule has 2 amide bonds. The van der Waals surface area contributed by atoms with Crippen LogP contribution >= 0.6 is 0 Å². The zero-order valence-electron chi connectivity index (χ0n) is 14.7. The molecule has 1 saturated heterocycles. The van der Waals surface area contributed by atoms with E-state index in [0.29, 0.717) is 13.0 Å². The molecule has 1 aromatic carbocycles. The summed E-state index contributed by atoms with van der Waals surface area (Å²) in [5.74, 6) is -0.185. The number of phenols is 1. The fourth-order valence-corrected chi connectivity index (χ4v) is 2.56. The topological polar surface area (TPSA) is 95.9 Å². The summed E-state index contributed by atoms with van der Waals surface area (Å²) in [7, 11) is 0. The van der Waals surface area contributed by atoms with Gasteiger partial charge in [0.05, 0.1) is 6.54 Å². The lowest BCUT2D eigenvalue weighted by atomic mass is 10.0. The van der Waals surface area contributed by atoms with E-state index in [2.05, 4.69) is 5.32 Å². The Morgan fingerprint density at radius 2 is 1.92 bits per heavy atom. The second kappa shape index (κ2) is 7.55. The highest BCUT2D eigenvalue weighted by molar-refractivity contribution is 5.92. The average Bonchev–Trinajstić information content (AvgIpc) is 2.92. The largest absolute Gasteiger partial charge is 0.508 e. The van der Waals surface area contributed by atoms with Gasteiger partial charge in [-0.1, -0.05) is 12.1 Å². The van der Waals surface area contributed by atoms with Gasteiger partial charge in [0.15, 0.2) is 5.78 Å². The fourth-order valence-electron chi connectivity index (χ4n) is 2.56. The number of ketones is 1. The fraction of sp³-hybridized carbons (Fsp3) is 0.500. The van der Waals surface area contributed by atoms with Gasteiger partial charge in [-0.3, -0.25) is 9.59 Å². The van der Waals surface area contributed by atoms with Crippen LogP contribution in [0, 0.1) is 0 Å². The minimum atomic E-state index is -0.842. The maximum Gasteiger partial charge on any atom is 0.408 e. The number of likely N-dealkylation sites (tertiary alicyclic amines) is 1. The second-order valence-corrected chi connectivity index (χ2v) is 7.12. The molecule has 7 heteroatoms. The van der Waals surface area contributed by atoms with E-state index in [1.807, 2.05) is 0 Å². The molecule has 1 aromatic rings. The lowest BCUT2D eigenvalue weighted by molar-refractivity contribution is -0.133. The molecule has 1 aliphatic heterocycles. The number of carbonyl (C=O) groups excluding carboxylic acids is 3. The highest BCUT2D eigenvalue weighted by Crippen LogP contribution is 2.15. The molecule has 2 rings (SSSR count). The van der Waals surface area contributed by atoms with Crippen LogP contribution < -0.4 is 5.32 Å². The average molecular weight is 348 g/mol. The van der Waals surface area contributed by atoms with Gasteiger partial charge in [0.2, 0.25) is 5.91 Å². The zero-order valence-corrected chi connectivity index (χ0v) is 14.7. The van der Waals surface area contributed by atoms with E-state index in [-0.39, 0.29) is 30.4 Å². The molecular weight excluding hydrogens is 324 g/mol. The van der Waals surface area contributed by atoms with Gasteiger partial charge in [-0.05, 0) is 38.5 Å². The van der Waals surface area contributed by atoms with Gasteiger partial charge in [0, 0.05) is 19.4 Å². The van der Waals surface area contributed by atoms with Crippen molar-refractivity contribution in [3.8, 4) is 5.75 Å². The van der Waals surface area contributed by atoms with Crippen LogP contribution in [0.2, 0.25) is 0 Å². The molecule has 0 radical (unpaired) electrons. The van der Waals surface area contributed by atoms with Gasteiger partial charge < -0.3 is 20.1 Å². The number of hydrogen-bond acceptors (Lipinski definition) is 5. The summed E-state index contributed by atoms with van der Waals surface area (Å²) in [6.07, 6.45) is -0.109. The van der Waals surface area contributed by atoms with Crippen molar-refractivity contribution in [2.24, 2.45) is 0 Å². The first kappa shape index (κ1) is 18.8. The summed E-state index contributed by atoms with van der Waals surface area (Å²) < 4.78 is 5.23. The minimum absolute atomic E-state index is 0.00833. The van der Waals surface area contributed by atoms with Crippen LogP contribution in [0.25, 0.3) is 0 Å². The molecule has 1 heterocycles. The molecule has 2 N–H and O–H groups in total. The van der Waals surface area contributed by atoms with E-state index in [1.54, 1.807) is 32.9 Å².